The Bertz CT molecular complexity index is 1590. The minimum atomic E-state index is -1.86. The van der Waals surface area contributed by atoms with Crippen molar-refractivity contribution in [3.63, 3.8) is 0 Å². The number of carbonyl (C=O) groups is 4. The van der Waals surface area contributed by atoms with Crippen molar-refractivity contribution < 1.29 is 28.7 Å². The molecule has 0 radical (unpaired) electrons. The van der Waals surface area contributed by atoms with Gasteiger partial charge in [0.25, 0.3) is 5.56 Å². The van der Waals surface area contributed by atoms with Crippen LogP contribution in [0, 0.1) is 0 Å². The van der Waals surface area contributed by atoms with Crippen molar-refractivity contribution in [1.82, 2.24) is 14.9 Å². The number of Topliss-reactive ketones (excluding diaryl/α,β-unsaturated/α-hetero) is 1. The van der Waals surface area contributed by atoms with Crippen molar-refractivity contribution in [2.24, 2.45) is 0 Å². The minimum Gasteiger partial charge on any atom is -0.457 e. The Kier molecular flexibility index (Phi) is 6.80. The fourth-order valence-electron chi connectivity index (χ4n) is 5.21. The van der Waals surface area contributed by atoms with Crippen molar-refractivity contribution in [3.8, 4) is 11.4 Å². The molecule has 2 atom stereocenters. The molecular formula is C29H29N3O7. The second-order valence-electron chi connectivity index (χ2n) is 9.91. The van der Waals surface area contributed by atoms with Crippen LogP contribution < -0.4 is 10.9 Å². The molecule has 1 N–H and O–H groups in total. The number of ketones is 1. The topological polar surface area (TPSA) is 134 Å². The molecule has 5 rings (SSSR count). The molecule has 1 amide bonds. The third-order valence-corrected chi connectivity index (χ3v) is 7.39. The van der Waals surface area contributed by atoms with Gasteiger partial charge in [-0.2, -0.15) is 0 Å². The van der Waals surface area contributed by atoms with E-state index in [1.807, 2.05) is 30.3 Å². The molecule has 1 aromatic carbocycles. The van der Waals surface area contributed by atoms with E-state index >= 15 is 0 Å². The fourth-order valence-corrected chi connectivity index (χ4v) is 5.21. The molecule has 3 aromatic rings. The summed E-state index contributed by atoms with van der Waals surface area (Å²) in [5, 5.41) is 3.53. The van der Waals surface area contributed by atoms with Crippen LogP contribution in [0.2, 0.25) is 0 Å². The first-order chi connectivity index (χ1) is 18.7. The average molecular weight is 532 g/mol. The third kappa shape index (κ3) is 4.49. The van der Waals surface area contributed by atoms with Gasteiger partial charge in [0.1, 0.15) is 18.4 Å². The highest BCUT2D eigenvalue weighted by atomic mass is 16.6. The predicted octanol–water partition coefficient (Wildman–Crippen LogP) is 2.89. The number of benzene rings is 1. The van der Waals surface area contributed by atoms with E-state index in [-0.39, 0.29) is 54.8 Å². The first kappa shape index (κ1) is 26.3. The lowest BCUT2D eigenvalue weighted by molar-refractivity contribution is -0.190. The van der Waals surface area contributed by atoms with Crippen molar-refractivity contribution in [1.29, 1.82) is 0 Å². The van der Waals surface area contributed by atoms with Gasteiger partial charge < -0.3 is 24.2 Å². The Morgan fingerprint density at radius 1 is 1.15 bits per heavy atom. The molecule has 202 valence electrons. The molecular weight excluding hydrogens is 502 g/mol. The third-order valence-electron chi connectivity index (χ3n) is 7.39. The van der Waals surface area contributed by atoms with Crippen LogP contribution in [-0.4, -0.2) is 39.2 Å². The number of fused-ring (bicyclic) bond motifs is 5. The Morgan fingerprint density at radius 2 is 1.92 bits per heavy atom. The lowest BCUT2D eigenvalue weighted by atomic mass is 9.85. The second kappa shape index (κ2) is 10.1. The molecule has 2 aliphatic heterocycles. The molecule has 0 saturated heterocycles. The maximum Gasteiger partial charge on any atom is 0.355 e. The standard InChI is InChI=1S/C29H29N3O7/c1-4-21(30-24(34)11-10-16(3)33)27(36)39-29(5-2)20-13-23-25-18(12-17-8-6-7-9-22(17)31-25)14-32(23)26(35)19(20)15-38-28(29)37/h6-9,12-13,21H,4-5,10-11,14-15H2,1-3H3,(H,30,34)/t21-,29+/m1/s1. The largest absolute Gasteiger partial charge is 0.457 e. The SMILES string of the molecule is CC[C@@H](NC(=O)CCC(C)=O)C(=O)O[C@]1(CC)C(=O)OCc2c1cc1n(c2=O)Cc2cc3ccccc3nc2-1. The number of cyclic esters (lactones) is 1. The number of amides is 1. The molecule has 4 heterocycles. The first-order valence-electron chi connectivity index (χ1n) is 13.0. The molecule has 0 saturated carbocycles. The molecule has 0 aliphatic carbocycles. The summed E-state index contributed by atoms with van der Waals surface area (Å²) < 4.78 is 12.8. The van der Waals surface area contributed by atoms with E-state index in [4.69, 9.17) is 14.5 Å². The highest BCUT2D eigenvalue weighted by molar-refractivity contribution is 5.91. The Morgan fingerprint density at radius 3 is 2.64 bits per heavy atom. The Hall–Kier alpha value is -4.34. The number of hydrogen-bond acceptors (Lipinski definition) is 8. The van der Waals surface area contributed by atoms with Crippen LogP contribution in [0.5, 0.6) is 0 Å². The predicted molar refractivity (Wildman–Crippen MR) is 141 cm³/mol. The van der Waals surface area contributed by atoms with Crippen LogP contribution in [0.15, 0.2) is 41.2 Å². The molecule has 0 fully saturated rings. The van der Waals surface area contributed by atoms with E-state index < -0.39 is 29.5 Å². The van der Waals surface area contributed by atoms with Crippen molar-refractivity contribution >= 4 is 34.5 Å². The van der Waals surface area contributed by atoms with Crippen molar-refractivity contribution in [2.45, 2.75) is 71.2 Å². The van der Waals surface area contributed by atoms with Gasteiger partial charge in [0, 0.05) is 29.4 Å². The highest BCUT2D eigenvalue weighted by Gasteiger charge is 2.51. The van der Waals surface area contributed by atoms with Crippen LogP contribution >= 0.6 is 0 Å². The van der Waals surface area contributed by atoms with Crippen LogP contribution in [0.4, 0.5) is 0 Å². The summed E-state index contributed by atoms with van der Waals surface area (Å²) in [6.45, 7) is 4.82. The summed E-state index contributed by atoms with van der Waals surface area (Å²) in [6.07, 6.45) is 0.201. The van der Waals surface area contributed by atoms with Gasteiger partial charge in [-0.1, -0.05) is 32.0 Å². The molecule has 10 nitrogen and oxygen atoms in total. The van der Waals surface area contributed by atoms with Crippen LogP contribution in [-0.2, 0) is 47.4 Å². The normalized spacial score (nSPS) is 18.0. The highest BCUT2D eigenvalue weighted by Crippen LogP contribution is 2.41. The summed E-state index contributed by atoms with van der Waals surface area (Å²) in [5.74, 6) is -2.23. The van der Waals surface area contributed by atoms with E-state index in [9.17, 15) is 24.0 Å². The number of para-hydroxylation sites is 1. The van der Waals surface area contributed by atoms with Gasteiger partial charge >= 0.3 is 11.9 Å². The summed E-state index contributed by atoms with van der Waals surface area (Å²) in [6, 6.07) is 10.3. The van der Waals surface area contributed by atoms with Gasteiger partial charge in [0.15, 0.2) is 0 Å². The fraction of sp³-hybridized carbons (Fsp3) is 0.379. The zero-order valence-corrected chi connectivity index (χ0v) is 22.0. The maximum absolute atomic E-state index is 13.6. The number of nitrogens with zero attached hydrogens (tertiary/aromatic N) is 2. The summed E-state index contributed by atoms with van der Waals surface area (Å²) >= 11 is 0. The number of ether oxygens (including phenoxy) is 2. The number of nitrogens with one attached hydrogen (secondary N) is 1. The molecule has 0 spiro atoms. The average Bonchev–Trinajstić information content (AvgIpc) is 3.28. The van der Waals surface area contributed by atoms with Crippen LogP contribution in [0.25, 0.3) is 22.3 Å². The molecule has 10 heteroatoms. The van der Waals surface area contributed by atoms with E-state index in [2.05, 4.69) is 5.32 Å². The number of pyridine rings is 2. The van der Waals surface area contributed by atoms with Gasteiger partial charge in [-0.25, -0.2) is 14.6 Å². The van der Waals surface area contributed by atoms with Gasteiger partial charge in [-0.3, -0.25) is 9.59 Å². The van der Waals surface area contributed by atoms with Gasteiger partial charge in [0.05, 0.1) is 29.0 Å². The van der Waals surface area contributed by atoms with Gasteiger partial charge in [-0.15, -0.1) is 0 Å². The number of hydrogen-bond donors (Lipinski definition) is 1. The smallest absolute Gasteiger partial charge is 0.355 e. The quantitative estimate of drug-likeness (QED) is 0.343. The van der Waals surface area contributed by atoms with Gasteiger partial charge in [-0.05, 0) is 38.0 Å². The Labute approximate surface area is 224 Å². The van der Waals surface area contributed by atoms with Crippen LogP contribution in [0.3, 0.4) is 0 Å². The first-order valence-corrected chi connectivity index (χ1v) is 13.0. The van der Waals surface area contributed by atoms with Crippen molar-refractivity contribution in [3.05, 3.63) is 63.4 Å². The molecule has 2 aliphatic rings. The monoisotopic (exact) mass is 531 g/mol. The lowest BCUT2D eigenvalue weighted by Crippen LogP contribution is -2.51. The van der Waals surface area contributed by atoms with Gasteiger partial charge in [0.2, 0.25) is 11.5 Å². The lowest BCUT2D eigenvalue weighted by Gasteiger charge is -2.36. The zero-order valence-electron chi connectivity index (χ0n) is 22.0. The summed E-state index contributed by atoms with van der Waals surface area (Å²) in [7, 11) is 0. The maximum atomic E-state index is 13.6. The number of carbonyl (C=O) groups excluding carboxylic acids is 4. The summed E-state index contributed by atoms with van der Waals surface area (Å²) in [5.41, 5.74) is 1.12. The Balaban J connectivity index is 1.54. The van der Waals surface area contributed by atoms with E-state index in [0.717, 1.165) is 16.5 Å². The number of rotatable bonds is 8. The molecule has 39 heavy (non-hydrogen) atoms. The van der Waals surface area contributed by atoms with E-state index in [0.29, 0.717) is 17.9 Å². The van der Waals surface area contributed by atoms with E-state index in [1.54, 1.807) is 24.5 Å². The summed E-state index contributed by atoms with van der Waals surface area (Å²) in [4.78, 5) is 68.5. The zero-order chi connectivity index (χ0) is 27.9. The second-order valence-corrected chi connectivity index (χ2v) is 9.91. The van der Waals surface area contributed by atoms with Crippen molar-refractivity contribution in [2.75, 3.05) is 0 Å². The number of aromatic nitrogens is 2. The molecule has 0 bridgehead atoms. The minimum absolute atomic E-state index is 0.0141. The van der Waals surface area contributed by atoms with Crippen LogP contribution in [0.1, 0.15) is 63.1 Å². The number of esters is 2. The molecule has 2 aromatic heterocycles. The molecule has 0 unspecified atom stereocenters. The van der Waals surface area contributed by atoms with E-state index in [1.165, 1.54) is 6.92 Å².